The summed E-state index contributed by atoms with van der Waals surface area (Å²) in [6.07, 6.45) is 2.24. The third-order valence-electron chi connectivity index (χ3n) is 5.18. The summed E-state index contributed by atoms with van der Waals surface area (Å²) in [5.41, 5.74) is 7.01. The van der Waals surface area contributed by atoms with Gasteiger partial charge in [-0.25, -0.2) is 4.39 Å². The SMILES string of the molecule is CC(C)CN1C(C(C=N)=CN)C(C(=O)Nc2cc(F)cc(C#N)c2)c2ccccc2[N+]1=O. The lowest BCUT2D eigenvalue weighted by Gasteiger charge is -2.35. The summed E-state index contributed by atoms with van der Waals surface area (Å²) in [6.45, 7) is 4.19. The van der Waals surface area contributed by atoms with Gasteiger partial charge in [-0.3, -0.25) is 4.79 Å². The van der Waals surface area contributed by atoms with Gasteiger partial charge in [-0.2, -0.15) is 5.26 Å². The first-order valence-electron chi connectivity index (χ1n) is 10.1. The zero-order valence-electron chi connectivity index (χ0n) is 17.7. The minimum atomic E-state index is -0.916. The van der Waals surface area contributed by atoms with Crippen LogP contribution in [0.1, 0.15) is 30.9 Å². The van der Waals surface area contributed by atoms with Crippen LogP contribution >= 0.6 is 0 Å². The van der Waals surface area contributed by atoms with E-state index in [1.807, 2.05) is 19.9 Å². The number of carbonyl (C=O) groups is 1. The van der Waals surface area contributed by atoms with Crippen LogP contribution in [0.15, 0.2) is 54.2 Å². The van der Waals surface area contributed by atoms with Crippen LogP contribution in [0, 0.1) is 33.4 Å². The number of nitriles is 1. The van der Waals surface area contributed by atoms with Crippen LogP contribution in [0.2, 0.25) is 0 Å². The highest BCUT2D eigenvalue weighted by Crippen LogP contribution is 2.41. The van der Waals surface area contributed by atoms with Gasteiger partial charge in [0.15, 0.2) is 4.87 Å². The molecule has 0 saturated heterocycles. The molecule has 4 N–H and O–H groups in total. The van der Waals surface area contributed by atoms with Crippen LogP contribution in [0.3, 0.4) is 0 Å². The molecule has 3 rings (SSSR count). The first-order valence-corrected chi connectivity index (χ1v) is 10.1. The number of nitrogens with two attached hydrogens (primary N) is 1. The first-order chi connectivity index (χ1) is 15.3. The predicted octanol–water partition coefficient (Wildman–Crippen LogP) is 3.58. The zero-order chi connectivity index (χ0) is 23.4. The minimum absolute atomic E-state index is 0.0649. The summed E-state index contributed by atoms with van der Waals surface area (Å²) < 4.78 is 13.9. The Morgan fingerprint density at radius 2 is 2.09 bits per heavy atom. The van der Waals surface area contributed by atoms with Crippen molar-refractivity contribution in [3.8, 4) is 6.07 Å². The van der Waals surface area contributed by atoms with Gasteiger partial charge in [-0.15, -0.1) is 5.01 Å². The molecular weight excluding hydrogens is 411 g/mol. The Balaban J connectivity index is 2.14. The number of halogens is 1. The number of benzene rings is 2. The molecule has 0 radical (unpaired) electrons. The maximum absolute atomic E-state index is 13.9. The van der Waals surface area contributed by atoms with Crippen molar-refractivity contribution in [3.63, 3.8) is 0 Å². The van der Waals surface area contributed by atoms with Crippen molar-refractivity contribution < 1.29 is 14.1 Å². The lowest BCUT2D eigenvalue weighted by molar-refractivity contribution is -0.655. The molecule has 0 aromatic heterocycles. The molecule has 2 unspecified atom stereocenters. The van der Waals surface area contributed by atoms with E-state index in [4.69, 9.17) is 16.4 Å². The summed E-state index contributed by atoms with van der Waals surface area (Å²) >= 11 is 0. The standard InChI is InChI=1S/C23H23FN6O2/c1-14(2)13-29-22(16(11-26)12-27)21(19-5-3-4-6-20(19)30(29)32)23(31)28-18-8-15(10-25)7-17(24)9-18/h3-9,11-12,14,21-22H,13H2,1-2H3,(H3-,26,27,28,31)/p+1. The molecule has 8 nitrogen and oxygen atoms in total. The topological polar surface area (TPSA) is 126 Å². The summed E-state index contributed by atoms with van der Waals surface area (Å²) in [6, 6.07) is 11.3. The second kappa shape index (κ2) is 9.39. The first kappa shape index (κ1) is 22.6. The number of amides is 1. The van der Waals surface area contributed by atoms with Crippen LogP contribution < -0.4 is 11.1 Å². The molecule has 9 heteroatoms. The number of nitrogens with one attached hydrogen (secondary N) is 2. The number of carbonyl (C=O) groups excluding carboxylic acids is 1. The van der Waals surface area contributed by atoms with Crippen LogP contribution in [-0.2, 0) is 4.79 Å². The van der Waals surface area contributed by atoms with E-state index in [0.29, 0.717) is 17.8 Å². The third kappa shape index (κ3) is 4.34. The molecule has 2 atom stereocenters. The van der Waals surface area contributed by atoms with Gasteiger partial charge >= 0.3 is 0 Å². The average Bonchev–Trinajstić information content (AvgIpc) is 2.76. The van der Waals surface area contributed by atoms with Crippen LogP contribution in [0.25, 0.3) is 0 Å². The molecule has 0 spiro atoms. The van der Waals surface area contributed by atoms with E-state index < -0.39 is 23.7 Å². The average molecular weight is 435 g/mol. The summed E-state index contributed by atoms with van der Waals surface area (Å²) in [4.78, 5) is 27.5. The maximum Gasteiger partial charge on any atom is 0.296 e. The number of hydrogen-bond donors (Lipinski definition) is 3. The normalized spacial score (nSPS) is 18.2. The zero-order valence-corrected chi connectivity index (χ0v) is 17.7. The van der Waals surface area contributed by atoms with Gasteiger partial charge in [0.1, 0.15) is 17.8 Å². The lowest BCUT2D eigenvalue weighted by Crippen LogP contribution is -2.53. The number of nitrogens with zero attached hydrogens (tertiary/aromatic N) is 3. The number of anilines is 1. The minimum Gasteiger partial charge on any atom is -0.404 e. The van der Waals surface area contributed by atoms with Gasteiger partial charge < -0.3 is 16.5 Å². The Kier molecular flexibility index (Phi) is 6.64. The second-order valence-corrected chi connectivity index (χ2v) is 7.91. The quantitative estimate of drug-likeness (QED) is 0.472. The molecule has 0 bridgehead atoms. The Morgan fingerprint density at radius 1 is 1.38 bits per heavy atom. The van der Waals surface area contributed by atoms with E-state index in [1.54, 1.807) is 24.3 Å². The van der Waals surface area contributed by atoms with Gasteiger partial charge in [0.2, 0.25) is 5.91 Å². The highest BCUT2D eigenvalue weighted by molar-refractivity contribution is 5.98. The molecule has 164 valence electrons. The predicted molar refractivity (Wildman–Crippen MR) is 119 cm³/mol. The van der Waals surface area contributed by atoms with Crippen molar-refractivity contribution in [2.75, 3.05) is 11.9 Å². The number of para-hydroxylation sites is 1. The molecule has 1 aliphatic heterocycles. The van der Waals surface area contributed by atoms with Crippen LogP contribution in [0.4, 0.5) is 15.8 Å². The highest BCUT2D eigenvalue weighted by Gasteiger charge is 2.50. The Morgan fingerprint density at radius 3 is 2.72 bits per heavy atom. The smallest absolute Gasteiger partial charge is 0.296 e. The van der Waals surface area contributed by atoms with Gasteiger partial charge in [0.25, 0.3) is 5.69 Å². The van der Waals surface area contributed by atoms with E-state index >= 15 is 0 Å². The Bertz CT molecular complexity index is 1140. The molecule has 1 heterocycles. The maximum atomic E-state index is 13.9. The lowest BCUT2D eigenvalue weighted by atomic mass is 9.83. The van der Waals surface area contributed by atoms with E-state index in [0.717, 1.165) is 23.2 Å². The highest BCUT2D eigenvalue weighted by atomic mass is 19.1. The molecule has 32 heavy (non-hydrogen) atoms. The third-order valence-corrected chi connectivity index (χ3v) is 5.18. The molecule has 2 aromatic carbocycles. The molecule has 1 amide bonds. The van der Waals surface area contributed by atoms with Gasteiger partial charge in [-0.05, 0) is 24.1 Å². The van der Waals surface area contributed by atoms with E-state index in [-0.39, 0.29) is 22.7 Å². The monoisotopic (exact) mass is 435 g/mol. The van der Waals surface area contributed by atoms with Crippen molar-refractivity contribution in [1.29, 1.82) is 10.7 Å². The van der Waals surface area contributed by atoms with E-state index in [1.165, 1.54) is 17.3 Å². The van der Waals surface area contributed by atoms with Gasteiger partial charge in [0.05, 0.1) is 23.1 Å². The van der Waals surface area contributed by atoms with Crippen molar-refractivity contribution in [3.05, 3.63) is 76.1 Å². The number of fused-ring (bicyclic) bond motifs is 1. The van der Waals surface area contributed by atoms with Crippen molar-refractivity contribution in [2.24, 2.45) is 11.7 Å². The van der Waals surface area contributed by atoms with Gasteiger partial charge in [0, 0.05) is 35.3 Å². The van der Waals surface area contributed by atoms with Crippen LogP contribution in [-0.4, -0.2) is 34.6 Å². The molecule has 2 aromatic rings. The summed E-state index contributed by atoms with van der Waals surface area (Å²) in [7, 11) is 0. The van der Waals surface area contributed by atoms with Crippen molar-refractivity contribution in [2.45, 2.75) is 25.8 Å². The van der Waals surface area contributed by atoms with Crippen molar-refractivity contribution >= 4 is 23.5 Å². The molecule has 0 fully saturated rings. The second-order valence-electron chi connectivity index (χ2n) is 7.91. The van der Waals surface area contributed by atoms with E-state index in [9.17, 15) is 14.1 Å². The van der Waals surface area contributed by atoms with Crippen LogP contribution in [0.5, 0.6) is 0 Å². The molecular formula is C23H24FN6O2+. The molecule has 1 aliphatic rings. The number of hydrazine groups is 1. The number of hydrogen-bond acceptors (Lipinski definition) is 5. The fraction of sp³-hybridized carbons (Fsp3) is 0.261. The van der Waals surface area contributed by atoms with Crippen molar-refractivity contribution in [1.82, 2.24) is 5.01 Å². The fourth-order valence-electron chi connectivity index (χ4n) is 3.91. The summed E-state index contributed by atoms with van der Waals surface area (Å²) in [5, 5.41) is 21.1. The Hall–Kier alpha value is -4.06. The largest absolute Gasteiger partial charge is 0.404 e. The molecule has 0 aliphatic carbocycles. The summed E-state index contributed by atoms with van der Waals surface area (Å²) in [5.74, 6) is -2.01. The fourth-order valence-corrected chi connectivity index (χ4v) is 3.91. The van der Waals surface area contributed by atoms with E-state index in [2.05, 4.69) is 5.32 Å². The van der Waals surface area contributed by atoms with Gasteiger partial charge in [-0.1, -0.05) is 32.0 Å². The Labute approximate surface area is 185 Å². The number of rotatable bonds is 6. The molecule has 0 saturated carbocycles. The number of nitroso groups, excluding NO2 is 1.